The van der Waals surface area contributed by atoms with E-state index in [0.717, 1.165) is 24.3 Å². The third kappa shape index (κ3) is 5.25. The van der Waals surface area contributed by atoms with Gasteiger partial charge in [-0.05, 0) is 55.5 Å². The van der Waals surface area contributed by atoms with Gasteiger partial charge in [-0.25, -0.2) is 25.9 Å². The molecule has 0 aliphatic carbocycles. The molecular weight excluding hydrogens is 369 g/mol. The molecule has 0 saturated heterocycles. The Balaban J connectivity index is 2.00. The van der Waals surface area contributed by atoms with E-state index in [1.807, 2.05) is 6.92 Å². The highest BCUT2D eigenvalue weighted by molar-refractivity contribution is 7.91. The molecule has 0 atom stereocenters. The number of rotatable bonds is 8. The van der Waals surface area contributed by atoms with Crippen LogP contribution in [0.5, 0.6) is 5.75 Å². The predicted octanol–water partition coefficient (Wildman–Crippen LogP) is 1.98. The highest BCUT2D eigenvalue weighted by atomic mass is 32.2. The van der Waals surface area contributed by atoms with E-state index in [1.165, 1.54) is 24.3 Å². The summed E-state index contributed by atoms with van der Waals surface area (Å²) >= 11 is 0. The van der Waals surface area contributed by atoms with E-state index < -0.39 is 31.4 Å². The van der Waals surface area contributed by atoms with Crippen molar-refractivity contribution in [3.8, 4) is 5.75 Å². The Kier molecular flexibility index (Phi) is 6.15. The Morgan fingerprint density at radius 1 is 0.920 bits per heavy atom. The first-order chi connectivity index (χ1) is 11.7. The van der Waals surface area contributed by atoms with Crippen molar-refractivity contribution in [3.63, 3.8) is 0 Å². The van der Waals surface area contributed by atoms with Crippen LogP contribution in [-0.2, 0) is 19.9 Å². The largest absolute Gasteiger partial charge is 0.494 e. The van der Waals surface area contributed by atoms with E-state index in [2.05, 4.69) is 4.72 Å². The van der Waals surface area contributed by atoms with Crippen molar-refractivity contribution < 1.29 is 26.0 Å². The van der Waals surface area contributed by atoms with Gasteiger partial charge in [-0.3, -0.25) is 0 Å². The summed E-state index contributed by atoms with van der Waals surface area (Å²) in [5, 5.41) is 0. The number of nitrogens with one attached hydrogen (secondary N) is 1. The van der Waals surface area contributed by atoms with E-state index in [1.54, 1.807) is 0 Å². The summed E-state index contributed by atoms with van der Waals surface area (Å²) in [5.41, 5.74) is 0. The molecule has 25 heavy (non-hydrogen) atoms. The van der Waals surface area contributed by atoms with Crippen molar-refractivity contribution in [2.45, 2.75) is 16.7 Å². The lowest BCUT2D eigenvalue weighted by Crippen LogP contribution is -2.29. The summed E-state index contributed by atoms with van der Waals surface area (Å²) in [7, 11) is -7.54. The molecule has 0 fully saturated rings. The molecule has 9 heteroatoms. The molecule has 0 aliphatic heterocycles. The minimum absolute atomic E-state index is 0.00938. The van der Waals surface area contributed by atoms with Crippen LogP contribution in [-0.4, -0.2) is 35.7 Å². The second kappa shape index (κ2) is 7.94. The van der Waals surface area contributed by atoms with Crippen molar-refractivity contribution in [1.29, 1.82) is 0 Å². The fraction of sp³-hybridized carbons (Fsp3) is 0.250. The SMILES string of the molecule is CCOc1ccc(S(=O)(=O)NCCS(=O)(=O)c2ccc(F)cc2)cc1. The smallest absolute Gasteiger partial charge is 0.240 e. The van der Waals surface area contributed by atoms with Gasteiger partial charge in [0.2, 0.25) is 10.0 Å². The zero-order chi connectivity index (χ0) is 18.5. The number of sulfonamides is 1. The van der Waals surface area contributed by atoms with Gasteiger partial charge in [0.25, 0.3) is 0 Å². The van der Waals surface area contributed by atoms with Gasteiger partial charge in [-0.1, -0.05) is 0 Å². The topological polar surface area (TPSA) is 89.5 Å². The van der Waals surface area contributed by atoms with Crippen LogP contribution in [0.15, 0.2) is 58.3 Å². The van der Waals surface area contributed by atoms with Gasteiger partial charge in [-0.2, -0.15) is 0 Å². The molecular formula is C16H18FNO5S2. The quantitative estimate of drug-likeness (QED) is 0.700. The van der Waals surface area contributed by atoms with Crippen LogP contribution >= 0.6 is 0 Å². The highest BCUT2D eigenvalue weighted by Crippen LogP contribution is 2.16. The second-order valence-electron chi connectivity index (χ2n) is 5.07. The summed E-state index contributed by atoms with van der Waals surface area (Å²) in [5.74, 6) is -0.440. The standard InChI is InChI=1S/C16H18FNO5S2/c1-2-23-14-5-9-16(10-6-14)25(21,22)18-11-12-24(19,20)15-7-3-13(17)4-8-15/h3-10,18H,2,11-12H2,1H3. The van der Waals surface area contributed by atoms with E-state index >= 15 is 0 Å². The highest BCUT2D eigenvalue weighted by Gasteiger charge is 2.18. The van der Waals surface area contributed by atoms with Crippen molar-refractivity contribution in [3.05, 3.63) is 54.3 Å². The summed E-state index contributed by atoms with van der Waals surface area (Å²) in [6, 6.07) is 10.2. The van der Waals surface area contributed by atoms with E-state index in [9.17, 15) is 21.2 Å². The Labute approximate surface area is 146 Å². The van der Waals surface area contributed by atoms with Crippen LogP contribution in [0.25, 0.3) is 0 Å². The molecule has 1 N–H and O–H groups in total. The molecule has 0 aromatic heterocycles. The number of hydrogen-bond donors (Lipinski definition) is 1. The Hall–Kier alpha value is -1.97. The Morgan fingerprint density at radius 2 is 1.48 bits per heavy atom. The third-order valence-electron chi connectivity index (χ3n) is 3.28. The van der Waals surface area contributed by atoms with Crippen LogP contribution in [0, 0.1) is 5.82 Å². The maximum Gasteiger partial charge on any atom is 0.240 e. The fourth-order valence-electron chi connectivity index (χ4n) is 2.04. The molecule has 0 amide bonds. The number of ether oxygens (including phenoxy) is 1. The van der Waals surface area contributed by atoms with Crippen molar-refractivity contribution in [1.82, 2.24) is 4.72 Å². The average Bonchev–Trinajstić information content (AvgIpc) is 2.56. The monoisotopic (exact) mass is 387 g/mol. The zero-order valence-electron chi connectivity index (χ0n) is 13.5. The number of halogens is 1. The van der Waals surface area contributed by atoms with Crippen molar-refractivity contribution >= 4 is 19.9 Å². The van der Waals surface area contributed by atoms with Crippen LogP contribution < -0.4 is 9.46 Å². The zero-order valence-corrected chi connectivity index (χ0v) is 15.1. The number of hydrogen-bond acceptors (Lipinski definition) is 5. The van der Waals surface area contributed by atoms with Gasteiger partial charge in [-0.15, -0.1) is 0 Å². The first-order valence-electron chi connectivity index (χ1n) is 7.45. The normalized spacial score (nSPS) is 12.1. The lowest BCUT2D eigenvalue weighted by molar-refractivity contribution is 0.340. The first-order valence-corrected chi connectivity index (χ1v) is 10.6. The lowest BCUT2D eigenvalue weighted by Gasteiger charge is -2.09. The predicted molar refractivity (Wildman–Crippen MR) is 91.3 cm³/mol. The summed E-state index contributed by atoms with van der Waals surface area (Å²) in [4.78, 5) is -0.0516. The third-order valence-corrected chi connectivity index (χ3v) is 6.49. The molecule has 6 nitrogen and oxygen atoms in total. The van der Waals surface area contributed by atoms with Crippen LogP contribution in [0.2, 0.25) is 0 Å². The summed E-state index contributed by atoms with van der Waals surface area (Å²) < 4.78 is 68.9. The van der Waals surface area contributed by atoms with Gasteiger partial charge >= 0.3 is 0 Å². The maximum absolute atomic E-state index is 12.9. The van der Waals surface area contributed by atoms with Crippen LogP contribution in [0.3, 0.4) is 0 Å². The van der Waals surface area contributed by atoms with Crippen molar-refractivity contribution in [2.24, 2.45) is 0 Å². The molecule has 0 unspecified atom stereocenters. The molecule has 2 aromatic carbocycles. The summed E-state index contributed by atoms with van der Waals surface area (Å²) in [6.45, 7) is 1.98. The van der Waals surface area contributed by atoms with Gasteiger partial charge in [0.05, 0.1) is 22.2 Å². The van der Waals surface area contributed by atoms with Gasteiger partial charge < -0.3 is 4.74 Å². The molecule has 0 spiro atoms. The van der Waals surface area contributed by atoms with E-state index in [-0.39, 0.29) is 16.3 Å². The van der Waals surface area contributed by atoms with Gasteiger partial charge in [0.15, 0.2) is 9.84 Å². The minimum Gasteiger partial charge on any atom is -0.494 e. The van der Waals surface area contributed by atoms with E-state index in [4.69, 9.17) is 4.74 Å². The average molecular weight is 387 g/mol. The molecule has 136 valence electrons. The fourth-order valence-corrected chi connectivity index (χ4v) is 4.35. The lowest BCUT2D eigenvalue weighted by atomic mass is 10.3. The molecule has 0 heterocycles. The first kappa shape index (κ1) is 19.4. The van der Waals surface area contributed by atoms with E-state index in [0.29, 0.717) is 12.4 Å². The molecule has 0 saturated carbocycles. The number of benzene rings is 2. The molecule has 0 aliphatic rings. The van der Waals surface area contributed by atoms with Crippen molar-refractivity contribution in [2.75, 3.05) is 18.9 Å². The van der Waals surface area contributed by atoms with Crippen LogP contribution in [0.4, 0.5) is 4.39 Å². The maximum atomic E-state index is 12.9. The molecule has 2 rings (SSSR count). The molecule has 0 bridgehead atoms. The molecule has 0 radical (unpaired) electrons. The van der Waals surface area contributed by atoms with Gasteiger partial charge in [0.1, 0.15) is 11.6 Å². The second-order valence-corrected chi connectivity index (χ2v) is 8.95. The minimum atomic E-state index is -3.83. The molecule has 2 aromatic rings. The van der Waals surface area contributed by atoms with Crippen LogP contribution in [0.1, 0.15) is 6.92 Å². The Bertz CT molecular complexity index is 908. The summed E-state index contributed by atoms with van der Waals surface area (Å²) in [6.07, 6.45) is 0. The van der Waals surface area contributed by atoms with Gasteiger partial charge in [0, 0.05) is 6.54 Å². The Morgan fingerprint density at radius 3 is 2.04 bits per heavy atom. The number of sulfone groups is 1.